The van der Waals surface area contributed by atoms with Crippen molar-refractivity contribution in [2.24, 2.45) is 5.73 Å². The van der Waals surface area contributed by atoms with Crippen LogP contribution in [0.25, 0.3) is 11.0 Å². The molecule has 0 aliphatic heterocycles. The van der Waals surface area contributed by atoms with Crippen LogP contribution in [0.1, 0.15) is 62.0 Å². The Hall–Kier alpha value is -1.90. The van der Waals surface area contributed by atoms with Crippen molar-refractivity contribution in [1.29, 1.82) is 0 Å². The number of carbonyl (C=O) groups excluding carboxylic acids is 1. The van der Waals surface area contributed by atoms with Gasteiger partial charge in [-0.05, 0) is 37.8 Å². The number of hydrogen-bond donors (Lipinski definition) is 3. The molecule has 2 aromatic heterocycles. The molecule has 2 rings (SSSR count). The summed E-state index contributed by atoms with van der Waals surface area (Å²) in [5, 5.41) is 2.97. The first-order chi connectivity index (χ1) is 12.4. The lowest BCUT2D eigenvalue weighted by Crippen LogP contribution is -2.33. The molecule has 0 saturated heterocycles. The van der Waals surface area contributed by atoms with Gasteiger partial charge < -0.3 is 11.1 Å². The van der Waals surface area contributed by atoms with Gasteiger partial charge in [0.25, 0.3) is 11.5 Å². The smallest absolute Gasteiger partial charge is 0.329 e. The van der Waals surface area contributed by atoms with E-state index in [9.17, 15) is 14.4 Å². The van der Waals surface area contributed by atoms with Crippen LogP contribution in [0.2, 0.25) is 0 Å². The van der Waals surface area contributed by atoms with E-state index in [1.165, 1.54) is 4.57 Å². The summed E-state index contributed by atoms with van der Waals surface area (Å²) in [5.74, 6) is -0.295. The molecular formula is C18H29Cl2N5O3. The number of H-pyrrole nitrogens is 1. The summed E-state index contributed by atoms with van der Waals surface area (Å²) >= 11 is 0. The second kappa shape index (κ2) is 11.8. The van der Waals surface area contributed by atoms with E-state index in [-0.39, 0.29) is 53.2 Å². The second-order valence-electron chi connectivity index (χ2n) is 6.61. The number of carbonyl (C=O) groups is 1. The molecular weight excluding hydrogens is 405 g/mol. The molecule has 0 unspecified atom stereocenters. The average molecular weight is 434 g/mol. The molecule has 0 saturated carbocycles. The van der Waals surface area contributed by atoms with Crippen molar-refractivity contribution in [3.63, 3.8) is 0 Å². The first kappa shape index (κ1) is 26.1. The lowest BCUT2D eigenvalue weighted by Gasteiger charge is -2.14. The minimum Gasteiger partial charge on any atom is -0.352 e. The third-order valence-corrected chi connectivity index (χ3v) is 4.17. The first-order valence-electron chi connectivity index (χ1n) is 9.06. The number of amides is 1. The van der Waals surface area contributed by atoms with Crippen LogP contribution < -0.4 is 22.3 Å². The predicted molar refractivity (Wildman–Crippen MR) is 116 cm³/mol. The van der Waals surface area contributed by atoms with E-state index in [1.54, 1.807) is 6.07 Å². The van der Waals surface area contributed by atoms with Gasteiger partial charge in [0, 0.05) is 18.8 Å². The largest absolute Gasteiger partial charge is 0.352 e. The zero-order chi connectivity index (χ0) is 19.3. The molecule has 0 aliphatic carbocycles. The number of aromatic amines is 1. The molecule has 8 nitrogen and oxygen atoms in total. The summed E-state index contributed by atoms with van der Waals surface area (Å²) in [6.45, 7) is 7.29. The molecule has 10 heteroatoms. The van der Waals surface area contributed by atoms with E-state index in [2.05, 4.69) is 15.3 Å². The molecule has 0 aromatic carbocycles. The summed E-state index contributed by atoms with van der Waals surface area (Å²) in [6, 6.07) is 1.64. The number of fused-ring (bicyclic) bond motifs is 1. The number of pyridine rings is 1. The van der Waals surface area contributed by atoms with Gasteiger partial charge in [0.2, 0.25) is 0 Å². The molecule has 4 N–H and O–H groups in total. The van der Waals surface area contributed by atoms with Gasteiger partial charge in [0.05, 0.1) is 10.9 Å². The number of aromatic nitrogens is 3. The van der Waals surface area contributed by atoms with E-state index in [0.717, 1.165) is 12.8 Å². The van der Waals surface area contributed by atoms with Crippen molar-refractivity contribution in [2.45, 2.75) is 52.5 Å². The van der Waals surface area contributed by atoms with E-state index in [4.69, 9.17) is 5.73 Å². The van der Waals surface area contributed by atoms with Crippen molar-refractivity contribution in [3.05, 3.63) is 38.2 Å². The first-order valence-corrected chi connectivity index (χ1v) is 9.06. The number of aryl methyl sites for hydroxylation is 1. The fraction of sp³-hybridized carbons (Fsp3) is 0.556. The Kier molecular flexibility index (Phi) is 11.0. The van der Waals surface area contributed by atoms with E-state index < -0.39 is 11.2 Å². The van der Waals surface area contributed by atoms with Crippen LogP contribution in [0.3, 0.4) is 0 Å². The van der Waals surface area contributed by atoms with Crippen molar-refractivity contribution < 1.29 is 4.79 Å². The Morgan fingerprint density at radius 3 is 2.54 bits per heavy atom. The standard InChI is InChI=1S/C18H27N5O3.2ClH/c1-4-9-23-15-14(17(25)22-18(23)26)12(10-13(21-15)11(2)3)16(24)20-8-6-5-7-19;;/h10-11H,4-9,19H2,1-3H3,(H,20,24)(H,22,25,26);2*1H. The molecule has 0 fully saturated rings. The monoisotopic (exact) mass is 433 g/mol. The van der Waals surface area contributed by atoms with Gasteiger partial charge in [-0.25, -0.2) is 9.78 Å². The summed E-state index contributed by atoms with van der Waals surface area (Å²) < 4.78 is 1.42. The van der Waals surface area contributed by atoms with Gasteiger partial charge >= 0.3 is 5.69 Å². The van der Waals surface area contributed by atoms with Gasteiger partial charge in [-0.15, -0.1) is 24.8 Å². The summed E-state index contributed by atoms with van der Waals surface area (Å²) in [7, 11) is 0. The number of nitrogens with two attached hydrogens (primary N) is 1. The van der Waals surface area contributed by atoms with Gasteiger partial charge in [-0.3, -0.25) is 19.1 Å². The third kappa shape index (κ3) is 5.80. The maximum Gasteiger partial charge on any atom is 0.329 e. The van der Waals surface area contributed by atoms with Crippen molar-refractivity contribution >= 4 is 41.8 Å². The minimum absolute atomic E-state index is 0. The lowest BCUT2D eigenvalue weighted by molar-refractivity contribution is 0.0954. The van der Waals surface area contributed by atoms with Crippen LogP contribution in [0, 0.1) is 0 Å². The zero-order valence-electron chi connectivity index (χ0n) is 16.4. The number of rotatable bonds is 8. The van der Waals surface area contributed by atoms with Crippen LogP contribution in [0.15, 0.2) is 15.7 Å². The Morgan fingerprint density at radius 2 is 1.96 bits per heavy atom. The molecule has 1 amide bonds. The van der Waals surface area contributed by atoms with Crippen LogP contribution >= 0.6 is 24.8 Å². The maximum absolute atomic E-state index is 12.7. The second-order valence-corrected chi connectivity index (χ2v) is 6.61. The van der Waals surface area contributed by atoms with E-state index >= 15 is 0 Å². The van der Waals surface area contributed by atoms with E-state index in [0.29, 0.717) is 31.7 Å². The quantitative estimate of drug-likeness (QED) is 0.548. The summed E-state index contributed by atoms with van der Waals surface area (Å²) in [4.78, 5) is 44.1. The number of hydrogen-bond acceptors (Lipinski definition) is 5. The highest BCUT2D eigenvalue weighted by atomic mass is 35.5. The summed E-state index contributed by atoms with van der Waals surface area (Å²) in [6.07, 6.45) is 2.28. The van der Waals surface area contributed by atoms with Crippen molar-refractivity contribution in [2.75, 3.05) is 13.1 Å². The number of nitrogens with one attached hydrogen (secondary N) is 2. The van der Waals surface area contributed by atoms with Crippen LogP contribution in [-0.4, -0.2) is 33.5 Å². The fourth-order valence-corrected chi connectivity index (χ4v) is 2.77. The average Bonchev–Trinajstić information content (AvgIpc) is 2.60. The molecule has 0 atom stereocenters. The number of halogens is 2. The Bertz CT molecular complexity index is 908. The molecule has 2 aromatic rings. The normalized spacial score (nSPS) is 10.5. The topological polar surface area (TPSA) is 123 Å². The molecule has 158 valence electrons. The summed E-state index contributed by atoms with van der Waals surface area (Å²) in [5.41, 5.74) is 5.54. The molecule has 2 heterocycles. The lowest BCUT2D eigenvalue weighted by atomic mass is 10.0. The predicted octanol–water partition coefficient (Wildman–Crippen LogP) is 1.93. The number of unbranched alkanes of at least 4 members (excludes halogenated alkanes) is 1. The molecule has 28 heavy (non-hydrogen) atoms. The maximum atomic E-state index is 12.7. The van der Waals surface area contributed by atoms with E-state index in [1.807, 2.05) is 20.8 Å². The van der Waals surface area contributed by atoms with Gasteiger partial charge in [0.1, 0.15) is 0 Å². The van der Waals surface area contributed by atoms with Crippen LogP contribution in [-0.2, 0) is 6.54 Å². The molecule has 0 spiro atoms. The van der Waals surface area contributed by atoms with Crippen molar-refractivity contribution in [3.8, 4) is 0 Å². The van der Waals surface area contributed by atoms with Gasteiger partial charge in [-0.1, -0.05) is 20.8 Å². The molecule has 0 bridgehead atoms. The zero-order valence-corrected chi connectivity index (χ0v) is 18.0. The SMILES string of the molecule is CCCn1c(=O)[nH]c(=O)c2c(C(=O)NCCCCN)cc(C(C)C)nc21.Cl.Cl. The van der Waals surface area contributed by atoms with Crippen LogP contribution in [0.5, 0.6) is 0 Å². The Morgan fingerprint density at radius 1 is 1.29 bits per heavy atom. The highest BCUT2D eigenvalue weighted by molar-refractivity contribution is 6.05. The number of nitrogens with zero attached hydrogens (tertiary/aromatic N) is 2. The highest BCUT2D eigenvalue weighted by Gasteiger charge is 2.20. The van der Waals surface area contributed by atoms with Crippen molar-refractivity contribution in [1.82, 2.24) is 19.9 Å². The molecule has 0 aliphatic rings. The van der Waals surface area contributed by atoms with Crippen LogP contribution in [0.4, 0.5) is 0 Å². The van der Waals surface area contributed by atoms with Gasteiger partial charge in [0.15, 0.2) is 5.65 Å². The highest BCUT2D eigenvalue weighted by Crippen LogP contribution is 2.19. The fourth-order valence-electron chi connectivity index (χ4n) is 2.77. The third-order valence-electron chi connectivity index (χ3n) is 4.17. The van der Waals surface area contributed by atoms with Gasteiger partial charge in [-0.2, -0.15) is 0 Å². The Balaban J connectivity index is 0.00000364. The molecule has 0 radical (unpaired) electrons. The minimum atomic E-state index is -0.590. The Labute approximate surface area is 176 Å².